The van der Waals surface area contributed by atoms with E-state index in [0.29, 0.717) is 42.7 Å². The minimum atomic E-state index is -0.458. The van der Waals surface area contributed by atoms with E-state index in [4.69, 9.17) is 0 Å². The average Bonchev–Trinajstić information content (AvgIpc) is 3.69. The molecule has 2 N–H and O–H groups in total. The first-order chi connectivity index (χ1) is 19.0. The molecule has 2 aliphatic rings. The second kappa shape index (κ2) is 10.7. The molecule has 2 aliphatic heterocycles. The second-order valence-electron chi connectivity index (χ2n) is 10.4. The number of carbonyl (C=O) groups is 1. The number of anilines is 1. The lowest BCUT2D eigenvalue weighted by Gasteiger charge is -2.27. The van der Waals surface area contributed by atoms with Crippen LogP contribution in [0, 0.1) is 11.6 Å². The summed E-state index contributed by atoms with van der Waals surface area (Å²) in [4.78, 5) is 17.8. The maximum absolute atomic E-state index is 14.6. The molecule has 2 aromatic heterocycles. The number of likely N-dealkylation sites (tertiary alicyclic amines) is 1. The number of aliphatic hydroxyl groups is 1. The summed E-state index contributed by atoms with van der Waals surface area (Å²) >= 11 is 0. The van der Waals surface area contributed by atoms with Crippen LogP contribution in [0.2, 0.25) is 0 Å². The first kappa shape index (κ1) is 25.5. The Bertz CT molecular complexity index is 1480. The van der Waals surface area contributed by atoms with Gasteiger partial charge in [0.05, 0.1) is 35.5 Å². The monoisotopic (exact) mass is 531 g/mol. The lowest BCUT2D eigenvalue weighted by Crippen LogP contribution is -2.37. The van der Waals surface area contributed by atoms with Gasteiger partial charge in [-0.3, -0.25) is 9.69 Å². The van der Waals surface area contributed by atoms with E-state index in [2.05, 4.69) is 20.2 Å². The summed E-state index contributed by atoms with van der Waals surface area (Å²) in [5, 5.41) is 17.6. The van der Waals surface area contributed by atoms with Crippen LogP contribution in [-0.4, -0.2) is 57.8 Å². The molecule has 1 amide bonds. The van der Waals surface area contributed by atoms with Gasteiger partial charge in [-0.05, 0) is 55.2 Å². The number of carbonyl (C=O) groups excluding carboxylic acids is 1. The van der Waals surface area contributed by atoms with E-state index >= 15 is 0 Å². The van der Waals surface area contributed by atoms with E-state index in [-0.39, 0.29) is 24.1 Å². The lowest BCUT2D eigenvalue weighted by atomic mass is 10.0. The minimum Gasteiger partial charge on any atom is -0.392 e. The summed E-state index contributed by atoms with van der Waals surface area (Å²) in [5.41, 5.74) is 3.23. The Hall–Kier alpha value is -3.82. The van der Waals surface area contributed by atoms with E-state index in [1.807, 2.05) is 42.5 Å². The molecule has 0 aliphatic carbocycles. The number of aromatic nitrogens is 2. The summed E-state index contributed by atoms with van der Waals surface area (Å²) in [6.07, 6.45) is 5.29. The van der Waals surface area contributed by atoms with Crippen molar-refractivity contribution in [3.63, 3.8) is 0 Å². The Morgan fingerprint density at radius 3 is 2.72 bits per heavy atom. The van der Waals surface area contributed by atoms with Crippen molar-refractivity contribution in [3.05, 3.63) is 101 Å². The number of aliphatic hydroxyl groups excluding tert-OH is 1. The van der Waals surface area contributed by atoms with Gasteiger partial charge >= 0.3 is 0 Å². The van der Waals surface area contributed by atoms with E-state index in [0.717, 1.165) is 36.7 Å². The van der Waals surface area contributed by atoms with Crippen LogP contribution in [0.4, 0.5) is 14.5 Å². The quantitative estimate of drug-likeness (QED) is 0.368. The Labute approximate surface area is 225 Å². The van der Waals surface area contributed by atoms with Crippen molar-refractivity contribution >= 4 is 17.1 Å². The van der Waals surface area contributed by atoms with Gasteiger partial charge in [0.1, 0.15) is 11.6 Å². The van der Waals surface area contributed by atoms with Crippen molar-refractivity contribution in [2.75, 3.05) is 31.1 Å². The highest BCUT2D eigenvalue weighted by atomic mass is 19.1. The largest absolute Gasteiger partial charge is 0.392 e. The van der Waals surface area contributed by atoms with Crippen molar-refractivity contribution in [3.8, 4) is 0 Å². The number of β-amino-alcohol motifs (C(OH)–C–C–N with tert-alkyl or cyclic N) is 1. The number of hydrogen-bond donors (Lipinski definition) is 2. The molecule has 6 rings (SSSR count). The third-order valence-electron chi connectivity index (χ3n) is 7.85. The summed E-state index contributed by atoms with van der Waals surface area (Å²) in [5.74, 6) is -1.12. The zero-order chi connectivity index (χ0) is 26.9. The van der Waals surface area contributed by atoms with E-state index in [1.165, 1.54) is 12.1 Å². The molecule has 0 saturated carbocycles. The standard InChI is InChI=1S/C30H31F2N5O2/c31-21-8-9-26(32)24(15-21)28-7-4-12-36(28)22-10-14-37-29(16-22)25(17-33-37)30(39)34-27(20-5-2-1-3-6-20)19-35-13-11-23(38)18-35/h1-3,5-6,8-10,14-17,23,27-28,38H,4,7,11-13,18-19H2,(H,34,39)/t23-,27?,28+/m0/s1. The van der Waals surface area contributed by atoms with Crippen molar-refractivity contribution < 1.29 is 18.7 Å². The number of nitrogens with one attached hydrogen (secondary N) is 1. The predicted molar refractivity (Wildman–Crippen MR) is 145 cm³/mol. The van der Waals surface area contributed by atoms with Gasteiger partial charge in [0.2, 0.25) is 0 Å². The molecule has 202 valence electrons. The maximum Gasteiger partial charge on any atom is 0.255 e. The number of halogens is 2. The highest BCUT2D eigenvalue weighted by Crippen LogP contribution is 2.38. The molecule has 0 radical (unpaired) electrons. The van der Waals surface area contributed by atoms with Crippen LogP contribution in [0.3, 0.4) is 0 Å². The minimum absolute atomic E-state index is 0.245. The first-order valence-corrected chi connectivity index (χ1v) is 13.4. The SMILES string of the molecule is O=C(NC(CN1CC[C@H](O)C1)c1ccccc1)c1cnn2ccc(N3CCC[C@@H]3c3cc(F)ccc3F)cc12. The number of amides is 1. The van der Waals surface area contributed by atoms with Gasteiger partial charge in [-0.15, -0.1) is 0 Å². The molecular weight excluding hydrogens is 500 g/mol. The van der Waals surface area contributed by atoms with Gasteiger partial charge in [0.25, 0.3) is 5.91 Å². The third-order valence-corrected chi connectivity index (χ3v) is 7.85. The van der Waals surface area contributed by atoms with Crippen LogP contribution in [0.1, 0.15) is 52.8 Å². The number of hydrogen-bond acceptors (Lipinski definition) is 5. The van der Waals surface area contributed by atoms with Gasteiger partial charge < -0.3 is 15.3 Å². The molecule has 2 saturated heterocycles. The van der Waals surface area contributed by atoms with E-state index < -0.39 is 11.6 Å². The zero-order valence-electron chi connectivity index (χ0n) is 21.5. The van der Waals surface area contributed by atoms with Crippen LogP contribution in [0.15, 0.2) is 73.1 Å². The van der Waals surface area contributed by atoms with Crippen LogP contribution < -0.4 is 10.2 Å². The smallest absolute Gasteiger partial charge is 0.255 e. The Balaban J connectivity index is 1.27. The second-order valence-corrected chi connectivity index (χ2v) is 10.4. The van der Waals surface area contributed by atoms with Crippen LogP contribution in [0.25, 0.3) is 5.52 Å². The Morgan fingerprint density at radius 1 is 1.08 bits per heavy atom. The molecule has 0 spiro atoms. The molecule has 2 fully saturated rings. The van der Waals surface area contributed by atoms with Crippen LogP contribution in [0.5, 0.6) is 0 Å². The summed E-state index contributed by atoms with van der Waals surface area (Å²) in [7, 11) is 0. The average molecular weight is 532 g/mol. The fourth-order valence-corrected chi connectivity index (χ4v) is 5.88. The summed E-state index contributed by atoms with van der Waals surface area (Å²) < 4.78 is 30.2. The normalized spacial score (nSPS) is 20.5. The van der Waals surface area contributed by atoms with Gasteiger partial charge in [-0.1, -0.05) is 30.3 Å². The van der Waals surface area contributed by atoms with Crippen LogP contribution in [-0.2, 0) is 0 Å². The fourth-order valence-electron chi connectivity index (χ4n) is 5.88. The number of fused-ring (bicyclic) bond motifs is 1. The molecule has 3 atom stereocenters. The topological polar surface area (TPSA) is 73.1 Å². The number of nitrogens with zero attached hydrogens (tertiary/aromatic N) is 4. The molecule has 9 heteroatoms. The highest BCUT2D eigenvalue weighted by Gasteiger charge is 2.30. The third kappa shape index (κ3) is 5.24. The van der Waals surface area contributed by atoms with Crippen molar-refractivity contribution in [2.45, 2.75) is 37.5 Å². The lowest BCUT2D eigenvalue weighted by molar-refractivity contribution is 0.0926. The Kier molecular flexibility index (Phi) is 7.01. The predicted octanol–water partition coefficient (Wildman–Crippen LogP) is 4.49. The van der Waals surface area contributed by atoms with Gasteiger partial charge in [0.15, 0.2) is 0 Å². The van der Waals surface area contributed by atoms with E-state index in [1.54, 1.807) is 16.9 Å². The molecule has 4 heterocycles. The fraction of sp³-hybridized carbons (Fsp3) is 0.333. The maximum atomic E-state index is 14.6. The summed E-state index contributed by atoms with van der Waals surface area (Å²) in [6, 6.07) is 16.6. The van der Waals surface area contributed by atoms with Crippen molar-refractivity contribution in [1.29, 1.82) is 0 Å². The molecule has 7 nitrogen and oxygen atoms in total. The Morgan fingerprint density at radius 2 is 1.92 bits per heavy atom. The first-order valence-electron chi connectivity index (χ1n) is 13.4. The molecular formula is C30H31F2N5O2. The van der Waals surface area contributed by atoms with Crippen LogP contribution >= 0.6 is 0 Å². The number of pyridine rings is 1. The molecule has 1 unspecified atom stereocenters. The van der Waals surface area contributed by atoms with Crippen molar-refractivity contribution in [2.24, 2.45) is 0 Å². The van der Waals surface area contributed by atoms with Gasteiger partial charge in [0, 0.05) is 43.6 Å². The highest BCUT2D eigenvalue weighted by molar-refractivity contribution is 6.01. The van der Waals surface area contributed by atoms with Gasteiger partial charge in [-0.25, -0.2) is 13.3 Å². The van der Waals surface area contributed by atoms with E-state index in [9.17, 15) is 18.7 Å². The van der Waals surface area contributed by atoms with Crippen molar-refractivity contribution in [1.82, 2.24) is 19.8 Å². The number of rotatable bonds is 7. The molecule has 2 aromatic carbocycles. The molecule has 4 aromatic rings. The van der Waals surface area contributed by atoms with Gasteiger partial charge in [-0.2, -0.15) is 5.10 Å². The summed E-state index contributed by atoms with van der Waals surface area (Å²) in [6.45, 7) is 2.65. The zero-order valence-corrected chi connectivity index (χ0v) is 21.5. The molecule has 39 heavy (non-hydrogen) atoms. The molecule has 0 bridgehead atoms. The number of benzene rings is 2.